The van der Waals surface area contributed by atoms with Crippen LogP contribution in [0, 0.1) is 13.8 Å². The van der Waals surface area contributed by atoms with Crippen LogP contribution in [0.25, 0.3) is 11.0 Å². The fourth-order valence-corrected chi connectivity index (χ4v) is 3.45. The summed E-state index contributed by atoms with van der Waals surface area (Å²) in [6.45, 7) is 5.92. The number of aromatic nitrogens is 2. The molecule has 2 aromatic rings. The third-order valence-corrected chi connectivity index (χ3v) is 5.03. The lowest BCUT2D eigenvalue weighted by Crippen LogP contribution is -2.70. The van der Waals surface area contributed by atoms with Gasteiger partial charge in [-0.25, -0.2) is 9.78 Å². The molecule has 4 rings (SSSR count). The molecule has 0 bridgehead atoms. The van der Waals surface area contributed by atoms with Gasteiger partial charge in [-0.1, -0.05) is 0 Å². The highest BCUT2D eigenvalue weighted by atomic mass is 16.2. The molecule has 0 atom stereocenters. The van der Waals surface area contributed by atoms with Crippen LogP contribution < -0.4 is 10.6 Å². The molecule has 0 unspecified atom stereocenters. The van der Waals surface area contributed by atoms with E-state index in [1.54, 1.807) is 4.90 Å². The minimum atomic E-state index is -0.249. The standard InChI is InChI=1S/C17H21N5O2/c1-10-5-12-13(6-11(10)2)20-14(19-12)3-4-15(23)22-8-17(9-22)7-18-16(24)21-17/h5-6H,3-4,7-9H2,1-2H3,(H,19,20)(H2,18,21,24). The largest absolute Gasteiger partial charge is 0.342 e. The monoisotopic (exact) mass is 327 g/mol. The average Bonchev–Trinajstić information content (AvgIpc) is 3.07. The number of nitrogens with zero attached hydrogens (tertiary/aromatic N) is 2. The number of aryl methyl sites for hydroxylation is 3. The fourth-order valence-electron chi connectivity index (χ4n) is 3.45. The van der Waals surface area contributed by atoms with Crippen LogP contribution in [0.1, 0.15) is 23.4 Å². The summed E-state index contributed by atoms with van der Waals surface area (Å²) in [5.74, 6) is 0.948. The van der Waals surface area contributed by atoms with Crippen LogP contribution in [-0.4, -0.2) is 52.0 Å². The van der Waals surface area contributed by atoms with Crippen LogP contribution in [0.5, 0.6) is 0 Å². The van der Waals surface area contributed by atoms with Gasteiger partial charge in [0, 0.05) is 32.5 Å². The van der Waals surface area contributed by atoms with Crippen LogP contribution in [0.15, 0.2) is 12.1 Å². The van der Waals surface area contributed by atoms with E-state index in [-0.39, 0.29) is 17.5 Å². The summed E-state index contributed by atoms with van der Waals surface area (Å²) >= 11 is 0. The van der Waals surface area contributed by atoms with E-state index in [4.69, 9.17) is 0 Å². The van der Waals surface area contributed by atoms with Gasteiger partial charge in [0.15, 0.2) is 0 Å². The lowest BCUT2D eigenvalue weighted by molar-refractivity contribution is -0.138. The summed E-state index contributed by atoms with van der Waals surface area (Å²) in [7, 11) is 0. The van der Waals surface area contributed by atoms with Crippen LogP contribution >= 0.6 is 0 Å². The molecule has 24 heavy (non-hydrogen) atoms. The van der Waals surface area contributed by atoms with Crippen molar-refractivity contribution in [2.45, 2.75) is 32.2 Å². The summed E-state index contributed by atoms with van der Waals surface area (Å²) in [5.41, 5.74) is 4.16. The molecule has 2 saturated heterocycles. The number of imidazole rings is 1. The molecular weight excluding hydrogens is 306 g/mol. The van der Waals surface area contributed by atoms with Crippen molar-refractivity contribution in [3.8, 4) is 0 Å². The number of carbonyl (C=O) groups is 2. The Morgan fingerprint density at radius 1 is 1.29 bits per heavy atom. The number of amides is 3. The second-order valence-electron chi connectivity index (χ2n) is 6.97. The van der Waals surface area contributed by atoms with Gasteiger partial charge in [0.05, 0.1) is 16.6 Å². The maximum absolute atomic E-state index is 12.3. The van der Waals surface area contributed by atoms with Crippen LogP contribution in [0.2, 0.25) is 0 Å². The maximum Gasteiger partial charge on any atom is 0.315 e. The zero-order chi connectivity index (χ0) is 16.9. The third kappa shape index (κ3) is 2.50. The summed E-state index contributed by atoms with van der Waals surface area (Å²) in [4.78, 5) is 33.2. The van der Waals surface area contributed by atoms with Crippen molar-refractivity contribution < 1.29 is 9.59 Å². The minimum Gasteiger partial charge on any atom is -0.342 e. The number of nitrogens with one attached hydrogen (secondary N) is 3. The Hall–Kier alpha value is -2.57. The zero-order valence-corrected chi connectivity index (χ0v) is 13.9. The number of hydrogen-bond donors (Lipinski definition) is 3. The van der Waals surface area contributed by atoms with E-state index in [0.29, 0.717) is 32.5 Å². The molecule has 7 heteroatoms. The van der Waals surface area contributed by atoms with E-state index in [1.165, 1.54) is 11.1 Å². The summed E-state index contributed by atoms with van der Waals surface area (Å²) in [6.07, 6.45) is 1.02. The molecule has 1 aromatic carbocycles. The van der Waals surface area contributed by atoms with Gasteiger partial charge in [0.1, 0.15) is 5.82 Å². The van der Waals surface area contributed by atoms with Crippen molar-refractivity contribution >= 4 is 23.0 Å². The van der Waals surface area contributed by atoms with Crippen molar-refractivity contribution in [1.82, 2.24) is 25.5 Å². The van der Waals surface area contributed by atoms with E-state index < -0.39 is 0 Å². The molecule has 3 heterocycles. The number of likely N-dealkylation sites (tertiary alicyclic amines) is 1. The van der Waals surface area contributed by atoms with E-state index in [0.717, 1.165) is 16.9 Å². The highest BCUT2D eigenvalue weighted by molar-refractivity contribution is 5.82. The Kier molecular flexibility index (Phi) is 3.26. The first-order valence-electron chi connectivity index (χ1n) is 8.24. The SMILES string of the molecule is Cc1cc2nc(CCC(=O)N3CC4(CNC(=O)N4)C3)[nH]c2cc1C. The Morgan fingerprint density at radius 3 is 2.75 bits per heavy atom. The molecule has 7 nitrogen and oxygen atoms in total. The predicted octanol–water partition coefficient (Wildman–Crippen LogP) is 1.01. The minimum absolute atomic E-state index is 0.106. The Labute approximate surface area is 139 Å². The van der Waals surface area contributed by atoms with E-state index in [1.807, 2.05) is 0 Å². The van der Waals surface area contributed by atoms with Gasteiger partial charge in [0.25, 0.3) is 0 Å². The van der Waals surface area contributed by atoms with Crippen molar-refractivity contribution in [3.63, 3.8) is 0 Å². The van der Waals surface area contributed by atoms with Crippen LogP contribution in [-0.2, 0) is 11.2 Å². The highest BCUT2D eigenvalue weighted by Gasteiger charge is 2.49. The summed E-state index contributed by atoms with van der Waals surface area (Å²) in [5, 5.41) is 5.64. The predicted molar refractivity (Wildman–Crippen MR) is 89.7 cm³/mol. The van der Waals surface area contributed by atoms with Gasteiger partial charge in [-0.15, -0.1) is 0 Å². The Bertz CT molecular complexity index is 796. The number of rotatable bonds is 3. The molecule has 2 aliphatic rings. The van der Waals surface area contributed by atoms with E-state index in [9.17, 15) is 9.59 Å². The summed E-state index contributed by atoms with van der Waals surface area (Å²) in [6, 6.07) is 4.02. The van der Waals surface area contributed by atoms with Crippen molar-refractivity contribution in [2.75, 3.05) is 19.6 Å². The third-order valence-electron chi connectivity index (χ3n) is 5.03. The average molecular weight is 327 g/mol. The molecule has 0 aliphatic carbocycles. The van der Waals surface area contributed by atoms with Gasteiger partial charge >= 0.3 is 6.03 Å². The number of fused-ring (bicyclic) bond motifs is 1. The summed E-state index contributed by atoms with van der Waals surface area (Å²) < 4.78 is 0. The maximum atomic E-state index is 12.3. The van der Waals surface area contributed by atoms with Crippen molar-refractivity contribution in [2.24, 2.45) is 0 Å². The number of urea groups is 1. The second kappa shape index (κ2) is 5.22. The Morgan fingerprint density at radius 2 is 2.04 bits per heavy atom. The van der Waals surface area contributed by atoms with Crippen molar-refractivity contribution in [3.05, 3.63) is 29.1 Å². The lowest BCUT2D eigenvalue weighted by Gasteiger charge is -2.46. The number of carbonyl (C=O) groups excluding carboxylic acids is 2. The van der Waals surface area contributed by atoms with Gasteiger partial charge in [-0.3, -0.25) is 4.79 Å². The molecule has 1 aromatic heterocycles. The zero-order valence-electron chi connectivity index (χ0n) is 13.9. The normalized spacial score (nSPS) is 18.6. The molecule has 2 aliphatic heterocycles. The first-order valence-corrected chi connectivity index (χ1v) is 8.24. The van der Waals surface area contributed by atoms with E-state index >= 15 is 0 Å². The number of benzene rings is 1. The van der Waals surface area contributed by atoms with Gasteiger partial charge in [-0.2, -0.15) is 0 Å². The molecule has 1 spiro atoms. The lowest BCUT2D eigenvalue weighted by atomic mass is 9.90. The molecule has 0 saturated carbocycles. The molecule has 3 amide bonds. The molecular formula is C17H21N5O2. The van der Waals surface area contributed by atoms with Crippen LogP contribution in [0.4, 0.5) is 4.79 Å². The molecule has 3 N–H and O–H groups in total. The topological polar surface area (TPSA) is 90.1 Å². The second-order valence-corrected chi connectivity index (χ2v) is 6.97. The first-order chi connectivity index (χ1) is 11.4. The van der Waals surface area contributed by atoms with Gasteiger partial charge < -0.3 is 20.5 Å². The quantitative estimate of drug-likeness (QED) is 0.786. The molecule has 2 fully saturated rings. The number of H-pyrrole nitrogens is 1. The van der Waals surface area contributed by atoms with Gasteiger partial charge in [0.2, 0.25) is 5.91 Å². The number of aromatic amines is 1. The fraction of sp³-hybridized carbons (Fsp3) is 0.471. The Balaban J connectivity index is 1.35. The highest BCUT2D eigenvalue weighted by Crippen LogP contribution is 2.24. The molecule has 0 radical (unpaired) electrons. The van der Waals surface area contributed by atoms with E-state index in [2.05, 4.69) is 46.6 Å². The smallest absolute Gasteiger partial charge is 0.315 e. The van der Waals surface area contributed by atoms with Crippen LogP contribution in [0.3, 0.4) is 0 Å². The van der Waals surface area contributed by atoms with Crippen molar-refractivity contribution in [1.29, 1.82) is 0 Å². The first kappa shape index (κ1) is 15.0. The number of hydrogen-bond acceptors (Lipinski definition) is 3. The molecule has 126 valence electrons. The van der Waals surface area contributed by atoms with Gasteiger partial charge in [-0.05, 0) is 37.1 Å².